The van der Waals surface area contributed by atoms with Crippen molar-refractivity contribution in [2.45, 2.75) is 56.5 Å². The van der Waals surface area contributed by atoms with Crippen molar-refractivity contribution >= 4 is 5.91 Å². The van der Waals surface area contributed by atoms with Gasteiger partial charge in [-0.2, -0.15) is 0 Å². The van der Waals surface area contributed by atoms with E-state index in [2.05, 4.69) is 24.3 Å². The number of carbonyl (C=O) groups excluding carboxylic acids is 1. The zero-order chi connectivity index (χ0) is 15.0. The first-order valence-corrected chi connectivity index (χ1v) is 7.71. The Morgan fingerprint density at radius 2 is 2.00 bits per heavy atom. The SMILES string of the molecule is COCCCC(N)C(=O)NCC1(N(C)C)CCCCC1. The molecule has 0 aromatic heterocycles. The van der Waals surface area contributed by atoms with Crippen molar-refractivity contribution in [3.8, 4) is 0 Å². The van der Waals surface area contributed by atoms with Crippen LogP contribution in [0.25, 0.3) is 0 Å². The third-order valence-corrected chi connectivity index (χ3v) is 4.52. The second-order valence-electron chi connectivity index (χ2n) is 6.14. The molecule has 1 amide bonds. The molecule has 1 unspecified atom stereocenters. The van der Waals surface area contributed by atoms with Gasteiger partial charge in [0.05, 0.1) is 6.04 Å². The number of carbonyl (C=O) groups is 1. The minimum atomic E-state index is -0.423. The molecule has 1 rings (SSSR count). The van der Waals surface area contributed by atoms with E-state index in [4.69, 9.17) is 10.5 Å². The topological polar surface area (TPSA) is 67.6 Å². The molecule has 0 aromatic carbocycles. The van der Waals surface area contributed by atoms with Crippen molar-refractivity contribution in [2.24, 2.45) is 5.73 Å². The maximum atomic E-state index is 12.0. The van der Waals surface area contributed by atoms with Gasteiger partial charge >= 0.3 is 0 Å². The molecule has 0 saturated heterocycles. The average Bonchev–Trinajstić information content (AvgIpc) is 2.45. The maximum Gasteiger partial charge on any atom is 0.236 e. The summed E-state index contributed by atoms with van der Waals surface area (Å²) in [6.07, 6.45) is 7.60. The summed E-state index contributed by atoms with van der Waals surface area (Å²) in [5.74, 6) is -0.0344. The third kappa shape index (κ3) is 5.04. The van der Waals surface area contributed by atoms with Crippen LogP contribution in [0, 0.1) is 0 Å². The van der Waals surface area contributed by atoms with Crippen LogP contribution in [0.2, 0.25) is 0 Å². The number of nitrogens with one attached hydrogen (secondary N) is 1. The lowest BCUT2D eigenvalue weighted by Crippen LogP contribution is -2.55. The van der Waals surface area contributed by atoms with Crippen LogP contribution in [0.15, 0.2) is 0 Å². The predicted octanol–water partition coefficient (Wildman–Crippen LogP) is 1.12. The molecule has 1 fully saturated rings. The monoisotopic (exact) mass is 285 g/mol. The first kappa shape index (κ1) is 17.4. The molecule has 1 atom stereocenters. The number of methoxy groups -OCH3 is 1. The van der Waals surface area contributed by atoms with Gasteiger partial charge in [0.15, 0.2) is 0 Å². The quantitative estimate of drug-likeness (QED) is 0.656. The van der Waals surface area contributed by atoms with Gasteiger partial charge in [-0.15, -0.1) is 0 Å². The lowest BCUT2D eigenvalue weighted by Gasteiger charge is -2.43. The number of ether oxygens (including phenoxy) is 1. The van der Waals surface area contributed by atoms with E-state index >= 15 is 0 Å². The molecule has 0 aliphatic heterocycles. The Labute approximate surface area is 123 Å². The molecule has 118 valence electrons. The Hall–Kier alpha value is -0.650. The maximum absolute atomic E-state index is 12.0. The normalized spacial score (nSPS) is 19.9. The van der Waals surface area contributed by atoms with Crippen molar-refractivity contribution < 1.29 is 9.53 Å². The molecule has 5 heteroatoms. The Bertz CT molecular complexity index is 289. The summed E-state index contributed by atoms with van der Waals surface area (Å²) in [7, 11) is 5.88. The van der Waals surface area contributed by atoms with E-state index in [0.29, 0.717) is 19.6 Å². The molecule has 3 N–H and O–H groups in total. The van der Waals surface area contributed by atoms with E-state index in [1.54, 1.807) is 7.11 Å². The zero-order valence-electron chi connectivity index (χ0n) is 13.3. The summed E-state index contributed by atoms with van der Waals surface area (Å²) in [5, 5.41) is 3.05. The Kier molecular flexibility index (Phi) is 7.48. The largest absolute Gasteiger partial charge is 0.385 e. The summed E-state index contributed by atoms with van der Waals surface area (Å²) in [4.78, 5) is 14.3. The summed E-state index contributed by atoms with van der Waals surface area (Å²) >= 11 is 0. The van der Waals surface area contributed by atoms with Gasteiger partial charge in [0.1, 0.15) is 0 Å². The smallest absolute Gasteiger partial charge is 0.236 e. The fourth-order valence-corrected chi connectivity index (χ4v) is 2.95. The standard InChI is InChI=1S/C15H31N3O2/c1-18(2)15(9-5-4-6-10-15)12-17-14(19)13(16)8-7-11-20-3/h13H,4-12,16H2,1-3H3,(H,17,19). The van der Waals surface area contributed by atoms with Crippen LogP contribution in [0.4, 0.5) is 0 Å². The Morgan fingerprint density at radius 3 is 2.55 bits per heavy atom. The zero-order valence-corrected chi connectivity index (χ0v) is 13.3. The van der Waals surface area contributed by atoms with Gasteiger partial charge in [-0.3, -0.25) is 4.79 Å². The minimum Gasteiger partial charge on any atom is -0.385 e. The highest BCUT2D eigenvalue weighted by Gasteiger charge is 2.34. The van der Waals surface area contributed by atoms with Crippen molar-refractivity contribution in [3.63, 3.8) is 0 Å². The van der Waals surface area contributed by atoms with E-state index in [1.165, 1.54) is 19.3 Å². The second-order valence-corrected chi connectivity index (χ2v) is 6.14. The minimum absolute atomic E-state index is 0.0344. The molecule has 20 heavy (non-hydrogen) atoms. The molecule has 1 aliphatic carbocycles. The lowest BCUT2D eigenvalue weighted by atomic mass is 9.80. The molecule has 0 aromatic rings. The molecular weight excluding hydrogens is 254 g/mol. The van der Waals surface area contributed by atoms with Crippen molar-refractivity contribution in [2.75, 3.05) is 34.4 Å². The third-order valence-electron chi connectivity index (χ3n) is 4.52. The highest BCUT2D eigenvalue weighted by atomic mass is 16.5. The lowest BCUT2D eigenvalue weighted by molar-refractivity contribution is -0.123. The fourth-order valence-electron chi connectivity index (χ4n) is 2.95. The number of amides is 1. The van der Waals surface area contributed by atoms with Crippen LogP contribution in [0.3, 0.4) is 0 Å². The van der Waals surface area contributed by atoms with Crippen molar-refractivity contribution in [1.82, 2.24) is 10.2 Å². The van der Waals surface area contributed by atoms with Gasteiger partial charge < -0.3 is 20.7 Å². The number of rotatable bonds is 8. The molecule has 1 aliphatic rings. The molecular formula is C15H31N3O2. The summed E-state index contributed by atoms with van der Waals surface area (Å²) in [6, 6.07) is -0.423. The number of hydrogen-bond donors (Lipinski definition) is 2. The van der Waals surface area contributed by atoms with Gasteiger partial charge in [0.2, 0.25) is 5.91 Å². The molecule has 0 bridgehead atoms. The number of likely N-dealkylation sites (N-methyl/N-ethyl adjacent to an activating group) is 1. The van der Waals surface area contributed by atoms with Crippen molar-refractivity contribution in [3.05, 3.63) is 0 Å². The van der Waals surface area contributed by atoms with Crippen LogP contribution < -0.4 is 11.1 Å². The summed E-state index contributed by atoms with van der Waals surface area (Å²) in [5.41, 5.74) is 6.02. The fraction of sp³-hybridized carbons (Fsp3) is 0.933. The van der Waals surface area contributed by atoms with E-state index in [1.807, 2.05) is 0 Å². The number of nitrogens with two attached hydrogens (primary N) is 1. The molecule has 1 saturated carbocycles. The highest BCUT2D eigenvalue weighted by Crippen LogP contribution is 2.31. The molecule has 0 heterocycles. The van der Waals surface area contributed by atoms with Crippen LogP contribution >= 0.6 is 0 Å². The predicted molar refractivity (Wildman–Crippen MR) is 81.6 cm³/mol. The van der Waals surface area contributed by atoms with Gasteiger partial charge in [0, 0.05) is 25.8 Å². The van der Waals surface area contributed by atoms with Gasteiger partial charge in [-0.05, 0) is 39.8 Å². The summed E-state index contributed by atoms with van der Waals surface area (Å²) < 4.78 is 4.98. The van der Waals surface area contributed by atoms with Gasteiger partial charge in [-0.1, -0.05) is 19.3 Å². The van der Waals surface area contributed by atoms with Crippen LogP contribution in [-0.4, -0.2) is 56.7 Å². The number of nitrogens with zero attached hydrogens (tertiary/aromatic N) is 1. The molecule has 5 nitrogen and oxygen atoms in total. The van der Waals surface area contributed by atoms with E-state index in [-0.39, 0.29) is 11.4 Å². The van der Waals surface area contributed by atoms with Gasteiger partial charge in [0.25, 0.3) is 0 Å². The van der Waals surface area contributed by atoms with Crippen molar-refractivity contribution in [1.29, 1.82) is 0 Å². The summed E-state index contributed by atoms with van der Waals surface area (Å²) in [6.45, 7) is 1.36. The molecule has 0 spiro atoms. The molecule has 0 radical (unpaired) electrons. The Morgan fingerprint density at radius 1 is 1.35 bits per heavy atom. The van der Waals surface area contributed by atoms with Crippen LogP contribution in [0.1, 0.15) is 44.9 Å². The van der Waals surface area contributed by atoms with Crippen LogP contribution in [-0.2, 0) is 9.53 Å². The first-order valence-electron chi connectivity index (χ1n) is 7.71. The van der Waals surface area contributed by atoms with E-state index < -0.39 is 6.04 Å². The highest BCUT2D eigenvalue weighted by molar-refractivity contribution is 5.81. The van der Waals surface area contributed by atoms with Crippen LogP contribution in [0.5, 0.6) is 0 Å². The number of hydrogen-bond acceptors (Lipinski definition) is 4. The van der Waals surface area contributed by atoms with Gasteiger partial charge in [-0.25, -0.2) is 0 Å². The second kappa shape index (κ2) is 8.60. The average molecular weight is 285 g/mol. The van der Waals surface area contributed by atoms with E-state index in [9.17, 15) is 4.79 Å². The first-order chi connectivity index (χ1) is 9.52. The Balaban J connectivity index is 2.40. The van der Waals surface area contributed by atoms with E-state index in [0.717, 1.165) is 19.3 Å².